The van der Waals surface area contributed by atoms with Crippen molar-refractivity contribution in [1.82, 2.24) is 20.1 Å². The van der Waals surface area contributed by atoms with Crippen molar-refractivity contribution in [3.8, 4) is 0 Å². The van der Waals surface area contributed by atoms with E-state index in [1.807, 2.05) is 50.5 Å². The van der Waals surface area contributed by atoms with Crippen LogP contribution in [0.5, 0.6) is 0 Å². The monoisotopic (exact) mass is 519 g/mol. The Morgan fingerprint density at radius 1 is 1.09 bits per heavy atom. The zero-order valence-electron chi connectivity index (χ0n) is 19.4. The molecule has 0 bridgehead atoms. The van der Waals surface area contributed by atoms with Gasteiger partial charge < -0.3 is 15.2 Å². The first-order valence-corrected chi connectivity index (χ1v) is 12.6. The molecule has 1 atom stereocenters. The van der Waals surface area contributed by atoms with Crippen LogP contribution in [0.4, 0.5) is 5.69 Å². The quantitative estimate of drug-likeness (QED) is 0.350. The molecule has 1 heterocycles. The first-order chi connectivity index (χ1) is 16.2. The van der Waals surface area contributed by atoms with Crippen molar-refractivity contribution in [2.45, 2.75) is 45.4 Å². The lowest BCUT2D eigenvalue weighted by atomic mass is 10.0. The Morgan fingerprint density at radius 2 is 1.85 bits per heavy atom. The maximum atomic E-state index is 12.9. The van der Waals surface area contributed by atoms with Gasteiger partial charge in [-0.2, -0.15) is 0 Å². The van der Waals surface area contributed by atoms with E-state index in [-0.39, 0.29) is 29.5 Å². The first-order valence-electron chi connectivity index (χ1n) is 10.9. The van der Waals surface area contributed by atoms with Crippen molar-refractivity contribution >= 4 is 52.5 Å². The summed E-state index contributed by atoms with van der Waals surface area (Å²) in [5.74, 6) is 0.511. The Labute approximate surface area is 213 Å². The average molecular weight is 520 g/mol. The zero-order chi connectivity index (χ0) is 24.8. The predicted octanol–water partition coefficient (Wildman–Crippen LogP) is 5.77. The SMILES string of the molecule is CCn1c(SCC(=O)Nc2ccc(Cl)c(Cl)c2)nnc1C(NC(=O)c1cccc(C)c1)C(C)C. The third kappa shape index (κ3) is 6.52. The predicted molar refractivity (Wildman–Crippen MR) is 138 cm³/mol. The largest absolute Gasteiger partial charge is 0.342 e. The summed E-state index contributed by atoms with van der Waals surface area (Å²) in [4.78, 5) is 25.3. The van der Waals surface area contributed by atoms with Crippen molar-refractivity contribution < 1.29 is 9.59 Å². The van der Waals surface area contributed by atoms with E-state index >= 15 is 0 Å². The molecule has 3 rings (SSSR count). The highest BCUT2D eigenvalue weighted by Crippen LogP contribution is 2.27. The molecule has 34 heavy (non-hydrogen) atoms. The van der Waals surface area contributed by atoms with E-state index in [9.17, 15) is 9.59 Å². The molecular weight excluding hydrogens is 493 g/mol. The Kier molecular flexibility index (Phi) is 8.99. The molecule has 0 saturated carbocycles. The van der Waals surface area contributed by atoms with E-state index < -0.39 is 0 Å². The van der Waals surface area contributed by atoms with Gasteiger partial charge in [0.05, 0.1) is 21.8 Å². The molecule has 2 aromatic carbocycles. The average Bonchev–Trinajstić information content (AvgIpc) is 3.20. The van der Waals surface area contributed by atoms with E-state index in [1.165, 1.54) is 11.8 Å². The molecule has 0 radical (unpaired) electrons. The zero-order valence-corrected chi connectivity index (χ0v) is 21.8. The van der Waals surface area contributed by atoms with Gasteiger partial charge in [-0.25, -0.2) is 0 Å². The van der Waals surface area contributed by atoms with Crippen LogP contribution >= 0.6 is 35.0 Å². The molecule has 1 aromatic heterocycles. The van der Waals surface area contributed by atoms with Crippen LogP contribution in [-0.4, -0.2) is 32.3 Å². The van der Waals surface area contributed by atoms with Gasteiger partial charge in [-0.3, -0.25) is 9.59 Å². The lowest BCUT2D eigenvalue weighted by Gasteiger charge is -2.22. The number of aromatic nitrogens is 3. The number of nitrogens with one attached hydrogen (secondary N) is 2. The number of amides is 2. The number of benzene rings is 2. The summed E-state index contributed by atoms with van der Waals surface area (Å²) < 4.78 is 1.93. The van der Waals surface area contributed by atoms with Gasteiger partial charge in [0.1, 0.15) is 0 Å². The van der Waals surface area contributed by atoms with Crippen LogP contribution in [0.15, 0.2) is 47.6 Å². The molecule has 0 aliphatic heterocycles. The first kappa shape index (κ1) is 26.1. The Hall–Kier alpha value is -2.55. The molecule has 7 nitrogen and oxygen atoms in total. The Balaban J connectivity index is 1.71. The molecule has 0 spiro atoms. The molecule has 0 fully saturated rings. The standard InChI is InChI=1S/C24H27Cl2N5O2S/c1-5-31-22(21(14(2)3)28-23(33)16-8-6-7-15(4)11-16)29-30-24(31)34-13-20(32)27-17-9-10-18(25)19(26)12-17/h6-12,14,21H,5,13H2,1-4H3,(H,27,32)(H,28,33). The van der Waals surface area contributed by atoms with Crippen molar-refractivity contribution in [1.29, 1.82) is 0 Å². The van der Waals surface area contributed by atoms with E-state index in [0.29, 0.717) is 38.8 Å². The van der Waals surface area contributed by atoms with Gasteiger partial charge in [-0.15, -0.1) is 10.2 Å². The van der Waals surface area contributed by atoms with Crippen molar-refractivity contribution in [2.75, 3.05) is 11.1 Å². The smallest absolute Gasteiger partial charge is 0.251 e. The van der Waals surface area contributed by atoms with Gasteiger partial charge in [0, 0.05) is 17.8 Å². The minimum atomic E-state index is -0.333. The lowest BCUT2D eigenvalue weighted by Crippen LogP contribution is -2.33. The van der Waals surface area contributed by atoms with Crippen molar-refractivity contribution in [3.05, 3.63) is 69.5 Å². The molecule has 180 valence electrons. The van der Waals surface area contributed by atoms with Crippen molar-refractivity contribution in [2.24, 2.45) is 5.92 Å². The molecule has 0 aliphatic carbocycles. The van der Waals surface area contributed by atoms with Crippen molar-refractivity contribution in [3.63, 3.8) is 0 Å². The van der Waals surface area contributed by atoms with Crippen LogP contribution in [0, 0.1) is 12.8 Å². The number of anilines is 1. The Morgan fingerprint density at radius 3 is 2.50 bits per heavy atom. The normalized spacial score (nSPS) is 12.0. The third-order valence-corrected chi connectivity index (χ3v) is 6.81. The van der Waals surface area contributed by atoms with Crippen LogP contribution in [0.3, 0.4) is 0 Å². The third-order valence-electron chi connectivity index (χ3n) is 5.11. The highest BCUT2D eigenvalue weighted by molar-refractivity contribution is 7.99. The van der Waals surface area contributed by atoms with Crippen LogP contribution in [0.1, 0.15) is 48.6 Å². The Bertz CT molecular complexity index is 1180. The molecule has 1 unspecified atom stereocenters. The second-order valence-electron chi connectivity index (χ2n) is 8.12. The fourth-order valence-corrected chi connectivity index (χ4v) is 4.48. The number of nitrogens with zero attached hydrogens (tertiary/aromatic N) is 3. The molecule has 0 saturated heterocycles. The summed E-state index contributed by atoms with van der Waals surface area (Å²) in [6, 6.07) is 12.0. The van der Waals surface area contributed by atoms with Gasteiger partial charge in [0.2, 0.25) is 5.91 Å². The molecule has 3 aromatic rings. The van der Waals surface area contributed by atoms with E-state index in [1.54, 1.807) is 24.3 Å². The molecule has 2 N–H and O–H groups in total. The second-order valence-corrected chi connectivity index (χ2v) is 9.87. The molecule has 0 aliphatic rings. The summed E-state index contributed by atoms with van der Waals surface area (Å²) >= 11 is 13.2. The van der Waals surface area contributed by atoms with E-state index in [2.05, 4.69) is 20.8 Å². The fraction of sp³-hybridized carbons (Fsp3) is 0.333. The maximum absolute atomic E-state index is 12.9. The maximum Gasteiger partial charge on any atom is 0.251 e. The van der Waals surface area contributed by atoms with Gasteiger partial charge >= 0.3 is 0 Å². The number of hydrogen-bond donors (Lipinski definition) is 2. The van der Waals surface area contributed by atoms with Gasteiger partial charge in [-0.1, -0.05) is 66.5 Å². The van der Waals surface area contributed by atoms with Crippen LogP contribution < -0.4 is 10.6 Å². The molecule has 2 amide bonds. The highest BCUT2D eigenvalue weighted by atomic mass is 35.5. The van der Waals surface area contributed by atoms with Crippen LogP contribution in [0.25, 0.3) is 0 Å². The number of carbonyl (C=O) groups is 2. The number of aryl methyl sites for hydroxylation is 1. The molecule has 10 heteroatoms. The number of carbonyl (C=O) groups excluding carboxylic acids is 2. The fourth-order valence-electron chi connectivity index (χ4n) is 3.38. The summed E-state index contributed by atoms with van der Waals surface area (Å²) in [6.07, 6.45) is 0. The summed E-state index contributed by atoms with van der Waals surface area (Å²) in [7, 11) is 0. The van der Waals surface area contributed by atoms with Gasteiger partial charge in [0.15, 0.2) is 11.0 Å². The number of thioether (sulfide) groups is 1. The van der Waals surface area contributed by atoms with E-state index in [0.717, 1.165) is 5.56 Å². The topological polar surface area (TPSA) is 88.9 Å². The summed E-state index contributed by atoms with van der Waals surface area (Å²) in [5, 5.41) is 16.0. The number of rotatable bonds is 9. The molecular formula is C24H27Cl2N5O2S. The number of halogens is 2. The number of hydrogen-bond acceptors (Lipinski definition) is 5. The second kappa shape index (κ2) is 11.7. The van der Waals surface area contributed by atoms with E-state index in [4.69, 9.17) is 23.2 Å². The van der Waals surface area contributed by atoms with Gasteiger partial charge in [0.25, 0.3) is 5.91 Å². The van der Waals surface area contributed by atoms with Gasteiger partial charge in [-0.05, 0) is 50.1 Å². The summed E-state index contributed by atoms with van der Waals surface area (Å²) in [5.41, 5.74) is 2.18. The minimum absolute atomic E-state index is 0.0825. The lowest BCUT2D eigenvalue weighted by molar-refractivity contribution is -0.113. The van der Waals surface area contributed by atoms with Crippen LogP contribution in [0.2, 0.25) is 10.0 Å². The minimum Gasteiger partial charge on any atom is -0.342 e. The summed E-state index contributed by atoms with van der Waals surface area (Å²) in [6.45, 7) is 8.57. The van der Waals surface area contributed by atoms with Crippen LogP contribution in [-0.2, 0) is 11.3 Å². The highest BCUT2D eigenvalue weighted by Gasteiger charge is 2.26.